The van der Waals surface area contributed by atoms with Crippen LogP contribution in [0.3, 0.4) is 0 Å². The number of amides is 1. The van der Waals surface area contributed by atoms with Gasteiger partial charge in [0.15, 0.2) is 4.90 Å². The summed E-state index contributed by atoms with van der Waals surface area (Å²) in [4.78, 5) is 11.8. The summed E-state index contributed by atoms with van der Waals surface area (Å²) in [6.45, 7) is 2.82. The van der Waals surface area contributed by atoms with Gasteiger partial charge >= 0.3 is 0 Å². The van der Waals surface area contributed by atoms with Crippen LogP contribution in [0.5, 0.6) is 0 Å². The molecule has 5 rings (SSSR count). The Kier molecular flexibility index (Phi) is 4.77. The second-order valence-corrected chi connectivity index (χ2v) is 10.8. The van der Waals surface area contributed by atoms with Crippen molar-refractivity contribution in [3.63, 3.8) is 0 Å². The van der Waals surface area contributed by atoms with Crippen molar-refractivity contribution >= 4 is 15.9 Å². The molecule has 0 atom stereocenters. The Bertz CT molecular complexity index is 852. The molecule has 0 saturated heterocycles. The Morgan fingerprint density at radius 1 is 1.00 bits per heavy atom. The normalized spacial score (nSPS) is 31.8. The summed E-state index contributed by atoms with van der Waals surface area (Å²) in [7, 11) is -4.55. The Labute approximate surface area is 164 Å². The second kappa shape index (κ2) is 6.76. The van der Waals surface area contributed by atoms with Crippen molar-refractivity contribution < 1.29 is 22.0 Å². The molecular formula is C20H26F2N2O3S. The molecule has 0 unspecified atom stereocenters. The third-order valence-corrected chi connectivity index (χ3v) is 8.38. The molecular weight excluding hydrogens is 386 g/mol. The molecule has 154 valence electrons. The van der Waals surface area contributed by atoms with E-state index in [2.05, 4.69) is 10.0 Å². The molecule has 28 heavy (non-hydrogen) atoms. The predicted octanol–water partition coefficient (Wildman–Crippen LogP) is 2.96. The fraction of sp³-hybridized carbons (Fsp3) is 0.650. The highest BCUT2D eigenvalue weighted by molar-refractivity contribution is 7.89. The predicted molar refractivity (Wildman–Crippen MR) is 99.7 cm³/mol. The highest BCUT2D eigenvalue weighted by Gasteiger charge is 2.49. The standard InChI is InChI=1S/C20H26F2N2O3S/c1-20(2,24-28(26,27)18-15(21)4-3-5-16(18)22)19(25)23-17-13-7-11-6-12(9-13)10-14(17)8-11/h3-5,11-14,17,24H,6-10H2,1-2H3,(H,23,25). The van der Waals surface area contributed by atoms with E-state index in [1.807, 2.05) is 0 Å². The van der Waals surface area contributed by atoms with Crippen LogP contribution in [0.1, 0.15) is 46.0 Å². The first kappa shape index (κ1) is 19.8. The van der Waals surface area contributed by atoms with Gasteiger partial charge in [0.1, 0.15) is 17.2 Å². The van der Waals surface area contributed by atoms with Crippen LogP contribution in [-0.4, -0.2) is 25.9 Å². The number of nitrogens with one attached hydrogen (secondary N) is 2. The summed E-state index contributed by atoms with van der Waals surface area (Å²) < 4.78 is 55.2. The first-order valence-corrected chi connectivity index (χ1v) is 11.3. The molecule has 0 aliphatic heterocycles. The maximum atomic E-state index is 13.9. The summed E-state index contributed by atoms with van der Waals surface area (Å²) in [6, 6.07) is 2.89. The topological polar surface area (TPSA) is 75.3 Å². The number of halogens is 2. The van der Waals surface area contributed by atoms with Gasteiger partial charge in [-0.25, -0.2) is 17.2 Å². The molecule has 1 aromatic carbocycles. The van der Waals surface area contributed by atoms with Gasteiger partial charge in [0, 0.05) is 6.04 Å². The lowest BCUT2D eigenvalue weighted by Crippen LogP contribution is -2.62. The number of hydrogen-bond acceptors (Lipinski definition) is 3. The van der Waals surface area contributed by atoms with Crippen LogP contribution in [0.2, 0.25) is 0 Å². The minimum Gasteiger partial charge on any atom is -0.351 e. The van der Waals surface area contributed by atoms with E-state index in [0.717, 1.165) is 55.7 Å². The number of benzene rings is 1. The van der Waals surface area contributed by atoms with Crippen LogP contribution in [0, 0.1) is 35.3 Å². The minimum atomic E-state index is -4.55. The number of sulfonamides is 1. The molecule has 4 aliphatic carbocycles. The van der Waals surface area contributed by atoms with Crippen molar-refractivity contribution in [3.8, 4) is 0 Å². The van der Waals surface area contributed by atoms with E-state index in [1.165, 1.54) is 20.3 Å². The summed E-state index contributed by atoms with van der Waals surface area (Å²) >= 11 is 0. The molecule has 4 fully saturated rings. The lowest BCUT2D eigenvalue weighted by Gasteiger charge is -2.54. The van der Waals surface area contributed by atoms with Crippen molar-refractivity contribution in [2.24, 2.45) is 23.7 Å². The van der Waals surface area contributed by atoms with Gasteiger partial charge in [0.2, 0.25) is 15.9 Å². The number of hydrogen-bond donors (Lipinski definition) is 2. The maximum absolute atomic E-state index is 13.9. The smallest absolute Gasteiger partial charge is 0.247 e. The van der Waals surface area contributed by atoms with Gasteiger partial charge in [0.05, 0.1) is 0 Å². The van der Waals surface area contributed by atoms with E-state index in [9.17, 15) is 22.0 Å². The molecule has 1 amide bonds. The van der Waals surface area contributed by atoms with Crippen LogP contribution >= 0.6 is 0 Å². The number of carbonyl (C=O) groups excluding carboxylic acids is 1. The van der Waals surface area contributed by atoms with Gasteiger partial charge in [-0.15, -0.1) is 0 Å². The minimum absolute atomic E-state index is 0.0503. The van der Waals surface area contributed by atoms with E-state index < -0.39 is 38.0 Å². The molecule has 4 saturated carbocycles. The van der Waals surface area contributed by atoms with Gasteiger partial charge in [-0.1, -0.05) is 6.07 Å². The van der Waals surface area contributed by atoms with Crippen molar-refractivity contribution in [1.29, 1.82) is 0 Å². The van der Waals surface area contributed by atoms with E-state index in [4.69, 9.17) is 0 Å². The Morgan fingerprint density at radius 2 is 1.50 bits per heavy atom. The highest BCUT2D eigenvalue weighted by atomic mass is 32.2. The van der Waals surface area contributed by atoms with Gasteiger partial charge in [0.25, 0.3) is 0 Å². The molecule has 8 heteroatoms. The van der Waals surface area contributed by atoms with E-state index in [0.29, 0.717) is 11.8 Å². The zero-order valence-electron chi connectivity index (χ0n) is 16.0. The monoisotopic (exact) mass is 412 g/mol. The van der Waals surface area contributed by atoms with Crippen molar-refractivity contribution in [3.05, 3.63) is 29.8 Å². The Hall–Kier alpha value is -1.54. The molecule has 0 radical (unpaired) electrons. The maximum Gasteiger partial charge on any atom is 0.247 e. The van der Waals surface area contributed by atoms with E-state index >= 15 is 0 Å². The lowest BCUT2D eigenvalue weighted by molar-refractivity contribution is -0.129. The van der Waals surface area contributed by atoms with Gasteiger partial charge in [-0.3, -0.25) is 4.79 Å². The fourth-order valence-corrected chi connectivity index (χ4v) is 7.18. The first-order chi connectivity index (χ1) is 13.1. The van der Waals surface area contributed by atoms with Gasteiger partial charge in [-0.2, -0.15) is 4.72 Å². The Balaban J connectivity index is 1.49. The zero-order valence-corrected chi connectivity index (χ0v) is 16.9. The van der Waals surface area contributed by atoms with Crippen LogP contribution in [-0.2, 0) is 14.8 Å². The molecule has 0 heterocycles. The molecule has 4 aliphatic rings. The first-order valence-electron chi connectivity index (χ1n) is 9.86. The summed E-state index contributed by atoms with van der Waals surface area (Å²) in [6.07, 6.45) is 5.76. The molecule has 5 nitrogen and oxygen atoms in total. The Morgan fingerprint density at radius 3 is 2.00 bits per heavy atom. The third-order valence-electron chi connectivity index (χ3n) is 6.67. The molecule has 2 N–H and O–H groups in total. The largest absolute Gasteiger partial charge is 0.351 e. The fourth-order valence-electron chi connectivity index (χ4n) is 5.67. The highest BCUT2D eigenvalue weighted by Crippen LogP contribution is 2.53. The van der Waals surface area contributed by atoms with E-state index in [-0.39, 0.29) is 6.04 Å². The number of carbonyl (C=O) groups is 1. The third kappa shape index (κ3) is 3.45. The summed E-state index contributed by atoms with van der Waals surface area (Å²) in [5.74, 6) is -0.453. The number of rotatable bonds is 5. The average Bonchev–Trinajstić information content (AvgIpc) is 2.55. The van der Waals surface area contributed by atoms with Crippen molar-refractivity contribution in [2.75, 3.05) is 0 Å². The average molecular weight is 413 g/mol. The SMILES string of the molecule is CC(C)(NS(=O)(=O)c1c(F)cccc1F)C(=O)NC1C2CC3CC(C2)CC1C3. The zero-order chi connectivity index (χ0) is 20.3. The molecule has 4 bridgehead atoms. The molecule has 0 spiro atoms. The lowest BCUT2D eigenvalue weighted by atomic mass is 9.54. The molecule has 1 aromatic rings. The van der Waals surface area contributed by atoms with Crippen LogP contribution in [0.4, 0.5) is 8.78 Å². The van der Waals surface area contributed by atoms with E-state index in [1.54, 1.807) is 0 Å². The van der Waals surface area contributed by atoms with Gasteiger partial charge < -0.3 is 5.32 Å². The summed E-state index contributed by atoms with van der Waals surface area (Å²) in [5, 5.41) is 3.05. The summed E-state index contributed by atoms with van der Waals surface area (Å²) in [5.41, 5.74) is -1.54. The van der Waals surface area contributed by atoms with Crippen LogP contribution < -0.4 is 10.0 Å². The second-order valence-electron chi connectivity index (χ2n) is 9.21. The quantitative estimate of drug-likeness (QED) is 0.781. The van der Waals surface area contributed by atoms with Crippen molar-refractivity contribution in [2.45, 2.75) is 62.4 Å². The van der Waals surface area contributed by atoms with Gasteiger partial charge in [-0.05, 0) is 81.8 Å². The van der Waals surface area contributed by atoms with Crippen LogP contribution in [0.15, 0.2) is 23.1 Å². The van der Waals surface area contributed by atoms with Crippen LogP contribution in [0.25, 0.3) is 0 Å². The molecule has 0 aromatic heterocycles. The van der Waals surface area contributed by atoms with Crippen molar-refractivity contribution in [1.82, 2.24) is 10.0 Å².